The molecule has 3 heterocycles. The van der Waals surface area contributed by atoms with Crippen molar-refractivity contribution in [1.82, 2.24) is 19.7 Å². The van der Waals surface area contributed by atoms with Gasteiger partial charge < -0.3 is 14.9 Å². The molecule has 0 spiro atoms. The van der Waals surface area contributed by atoms with Crippen molar-refractivity contribution in [2.75, 3.05) is 24.5 Å². The minimum atomic E-state index is -0.848. The van der Waals surface area contributed by atoms with Crippen LogP contribution in [0.15, 0.2) is 30.7 Å². The Hall–Kier alpha value is -2.57. The number of hydrogen-bond acceptors (Lipinski definition) is 4. The maximum Gasteiger partial charge on any atom is 0.407 e. The molecule has 1 atom stereocenters. The number of nitrogens with zero attached hydrogens (tertiary/aromatic N) is 5. The lowest BCUT2D eigenvalue weighted by molar-refractivity contribution is 0.0747. The lowest BCUT2D eigenvalue weighted by Gasteiger charge is -2.46. The van der Waals surface area contributed by atoms with E-state index in [-0.39, 0.29) is 11.5 Å². The van der Waals surface area contributed by atoms with Gasteiger partial charge >= 0.3 is 6.09 Å². The minimum Gasteiger partial charge on any atom is -0.465 e. The highest BCUT2D eigenvalue weighted by Crippen LogP contribution is 2.30. The number of rotatable bonds is 2. The van der Waals surface area contributed by atoms with Gasteiger partial charge in [-0.15, -0.1) is 0 Å². The van der Waals surface area contributed by atoms with Crippen LogP contribution in [0.5, 0.6) is 0 Å². The fourth-order valence-corrected chi connectivity index (χ4v) is 3.28. The van der Waals surface area contributed by atoms with Crippen LogP contribution in [0.1, 0.15) is 20.8 Å². The molecule has 134 valence electrons. The number of pyridine rings is 1. The first-order chi connectivity index (χ1) is 11.8. The summed E-state index contributed by atoms with van der Waals surface area (Å²) in [7, 11) is 1.89. The van der Waals surface area contributed by atoms with E-state index in [1.54, 1.807) is 9.58 Å². The number of piperazine rings is 1. The Kier molecular flexibility index (Phi) is 4.41. The Labute approximate surface area is 147 Å². The summed E-state index contributed by atoms with van der Waals surface area (Å²) in [5, 5.41) is 13.7. The van der Waals surface area contributed by atoms with Crippen molar-refractivity contribution in [3.8, 4) is 11.1 Å². The van der Waals surface area contributed by atoms with Crippen molar-refractivity contribution in [3.05, 3.63) is 30.7 Å². The van der Waals surface area contributed by atoms with Gasteiger partial charge in [-0.25, -0.2) is 9.78 Å². The number of carboxylic acid groups (broad SMARTS) is 1. The molecule has 1 aliphatic rings. The van der Waals surface area contributed by atoms with Crippen LogP contribution in [0.2, 0.25) is 0 Å². The predicted molar refractivity (Wildman–Crippen MR) is 96.6 cm³/mol. The molecule has 25 heavy (non-hydrogen) atoms. The van der Waals surface area contributed by atoms with Gasteiger partial charge in [0.25, 0.3) is 0 Å². The third kappa shape index (κ3) is 3.60. The molecule has 7 heteroatoms. The van der Waals surface area contributed by atoms with Crippen molar-refractivity contribution < 1.29 is 9.90 Å². The first kappa shape index (κ1) is 17.3. The van der Waals surface area contributed by atoms with Crippen LogP contribution in [0.25, 0.3) is 11.1 Å². The maximum atomic E-state index is 11.5. The minimum absolute atomic E-state index is 0.0708. The summed E-state index contributed by atoms with van der Waals surface area (Å²) in [6.45, 7) is 8.03. The van der Waals surface area contributed by atoms with E-state index in [1.165, 1.54) is 0 Å². The predicted octanol–water partition coefficient (Wildman–Crippen LogP) is 2.70. The van der Waals surface area contributed by atoms with Crippen LogP contribution in [0.3, 0.4) is 0 Å². The highest BCUT2D eigenvalue weighted by Gasteiger charge is 2.38. The fraction of sp³-hybridized carbons (Fsp3) is 0.500. The first-order valence-electron chi connectivity index (χ1n) is 8.45. The van der Waals surface area contributed by atoms with Gasteiger partial charge in [0.15, 0.2) is 0 Å². The van der Waals surface area contributed by atoms with Crippen LogP contribution in [-0.4, -0.2) is 56.5 Å². The SMILES string of the molecule is Cn1cc(-c2ccc(N3CCN(C(=O)O)C(C(C)(C)C)C3)nc2)cn1. The topological polar surface area (TPSA) is 74.5 Å². The third-order valence-corrected chi connectivity index (χ3v) is 4.74. The largest absolute Gasteiger partial charge is 0.465 e. The molecule has 2 aromatic rings. The lowest BCUT2D eigenvalue weighted by atomic mass is 9.84. The van der Waals surface area contributed by atoms with Crippen molar-refractivity contribution in [3.63, 3.8) is 0 Å². The van der Waals surface area contributed by atoms with E-state index in [4.69, 9.17) is 0 Å². The second-order valence-electron chi connectivity index (χ2n) is 7.61. The quantitative estimate of drug-likeness (QED) is 0.907. The van der Waals surface area contributed by atoms with Crippen molar-refractivity contribution >= 4 is 11.9 Å². The number of aryl methyl sites for hydroxylation is 1. The summed E-state index contributed by atoms with van der Waals surface area (Å²) < 4.78 is 1.77. The molecule has 1 saturated heterocycles. The molecule has 2 aromatic heterocycles. The van der Waals surface area contributed by atoms with Gasteiger partial charge in [0.05, 0.1) is 12.2 Å². The molecule has 1 fully saturated rings. The van der Waals surface area contributed by atoms with Gasteiger partial charge in [-0.3, -0.25) is 4.68 Å². The zero-order valence-corrected chi connectivity index (χ0v) is 15.2. The van der Waals surface area contributed by atoms with E-state index in [0.717, 1.165) is 16.9 Å². The van der Waals surface area contributed by atoms with Gasteiger partial charge in [0.1, 0.15) is 5.82 Å². The molecular weight excluding hydrogens is 318 g/mol. The number of amides is 1. The molecule has 0 aliphatic carbocycles. The summed E-state index contributed by atoms with van der Waals surface area (Å²) in [6.07, 6.45) is 4.78. The zero-order valence-electron chi connectivity index (χ0n) is 15.2. The van der Waals surface area contributed by atoms with Crippen LogP contribution in [0, 0.1) is 5.41 Å². The van der Waals surface area contributed by atoms with Crippen LogP contribution >= 0.6 is 0 Å². The fourth-order valence-electron chi connectivity index (χ4n) is 3.28. The third-order valence-electron chi connectivity index (χ3n) is 4.74. The van der Waals surface area contributed by atoms with E-state index < -0.39 is 6.09 Å². The Balaban J connectivity index is 1.79. The molecule has 1 amide bonds. The molecule has 0 radical (unpaired) electrons. The highest BCUT2D eigenvalue weighted by molar-refractivity contribution is 5.66. The second-order valence-corrected chi connectivity index (χ2v) is 7.61. The average molecular weight is 343 g/mol. The van der Waals surface area contributed by atoms with Gasteiger partial charge in [-0.2, -0.15) is 5.10 Å². The molecule has 3 rings (SSSR count). The van der Waals surface area contributed by atoms with Crippen molar-refractivity contribution in [2.24, 2.45) is 12.5 Å². The molecule has 0 bridgehead atoms. The van der Waals surface area contributed by atoms with E-state index >= 15 is 0 Å². The molecule has 1 N–H and O–H groups in total. The zero-order chi connectivity index (χ0) is 18.2. The van der Waals surface area contributed by atoms with Crippen molar-refractivity contribution in [1.29, 1.82) is 0 Å². The molecule has 7 nitrogen and oxygen atoms in total. The monoisotopic (exact) mass is 343 g/mol. The summed E-state index contributed by atoms with van der Waals surface area (Å²) in [5.41, 5.74) is 1.92. The van der Waals surface area contributed by atoms with Crippen molar-refractivity contribution in [2.45, 2.75) is 26.8 Å². The normalized spacial score (nSPS) is 18.5. The second kappa shape index (κ2) is 6.38. The van der Waals surface area contributed by atoms with Crippen LogP contribution < -0.4 is 4.90 Å². The van der Waals surface area contributed by atoms with Crippen LogP contribution in [-0.2, 0) is 7.05 Å². The molecule has 1 aliphatic heterocycles. The maximum absolute atomic E-state index is 11.5. The summed E-state index contributed by atoms with van der Waals surface area (Å²) in [4.78, 5) is 19.9. The van der Waals surface area contributed by atoms with Gasteiger partial charge in [0, 0.05) is 50.2 Å². The molecule has 0 aromatic carbocycles. The van der Waals surface area contributed by atoms with E-state index in [0.29, 0.717) is 19.6 Å². The molecule has 0 saturated carbocycles. The number of carbonyl (C=O) groups is 1. The summed E-state index contributed by atoms with van der Waals surface area (Å²) in [5.74, 6) is 0.881. The summed E-state index contributed by atoms with van der Waals surface area (Å²) >= 11 is 0. The Morgan fingerprint density at radius 3 is 2.48 bits per heavy atom. The van der Waals surface area contributed by atoms with Crippen LogP contribution in [0.4, 0.5) is 10.6 Å². The first-order valence-corrected chi connectivity index (χ1v) is 8.45. The van der Waals surface area contributed by atoms with E-state index in [1.807, 2.05) is 37.8 Å². The standard InChI is InChI=1S/C18H25N5O2/c1-18(2,3)15-12-22(7-8-23(15)17(24)25)16-6-5-13(9-19-16)14-10-20-21(4)11-14/h5-6,9-11,15H,7-8,12H2,1-4H3,(H,24,25). The summed E-state index contributed by atoms with van der Waals surface area (Å²) in [6, 6.07) is 3.96. The van der Waals surface area contributed by atoms with E-state index in [2.05, 4.69) is 35.8 Å². The smallest absolute Gasteiger partial charge is 0.407 e. The highest BCUT2D eigenvalue weighted by atomic mass is 16.4. The lowest BCUT2D eigenvalue weighted by Crippen LogP contribution is -2.59. The van der Waals surface area contributed by atoms with Gasteiger partial charge in [-0.1, -0.05) is 20.8 Å². The van der Waals surface area contributed by atoms with Gasteiger partial charge in [-0.05, 0) is 17.5 Å². The van der Waals surface area contributed by atoms with E-state index in [9.17, 15) is 9.90 Å². The van der Waals surface area contributed by atoms with Gasteiger partial charge in [0.2, 0.25) is 0 Å². The molecular formula is C18H25N5O2. The average Bonchev–Trinajstić information content (AvgIpc) is 3.00. The number of anilines is 1. The molecule has 1 unspecified atom stereocenters. The Morgan fingerprint density at radius 1 is 1.20 bits per heavy atom. The Bertz CT molecular complexity index is 748. The number of aromatic nitrogens is 3. The number of hydrogen-bond donors (Lipinski definition) is 1. The Morgan fingerprint density at radius 2 is 1.96 bits per heavy atom.